The van der Waals surface area contributed by atoms with Gasteiger partial charge in [0.05, 0.1) is 5.69 Å². The first-order valence-corrected chi connectivity index (χ1v) is 10.7. The molecule has 5 heteroatoms. The standard InChI is InChI=1S/C20H30N3OP/c1-5-22(6-2)25(23(7-3)8-4,21-19-15-11-9-12-16-19)24-20-17-13-10-14-18-20/h9-18H,5-8H2,1-4H3. The largest absolute Gasteiger partial charge is 0.435 e. The average molecular weight is 359 g/mol. The van der Waals surface area contributed by atoms with E-state index in [2.05, 4.69) is 49.2 Å². The molecule has 0 aliphatic rings. The molecule has 0 aliphatic carbocycles. The molecule has 0 spiro atoms. The fourth-order valence-corrected chi connectivity index (χ4v) is 6.09. The molecule has 4 nitrogen and oxygen atoms in total. The van der Waals surface area contributed by atoms with E-state index in [1.807, 2.05) is 48.5 Å². The van der Waals surface area contributed by atoms with Crippen molar-refractivity contribution in [2.45, 2.75) is 27.7 Å². The first-order chi connectivity index (χ1) is 12.2. The highest BCUT2D eigenvalue weighted by molar-refractivity contribution is 7.57. The Hall–Kier alpha value is -1.61. The van der Waals surface area contributed by atoms with Crippen molar-refractivity contribution in [2.24, 2.45) is 4.74 Å². The van der Waals surface area contributed by atoms with E-state index in [0.717, 1.165) is 37.6 Å². The van der Waals surface area contributed by atoms with Crippen LogP contribution in [0.5, 0.6) is 5.75 Å². The summed E-state index contributed by atoms with van der Waals surface area (Å²) >= 11 is 0. The van der Waals surface area contributed by atoms with Crippen LogP contribution >= 0.6 is 7.58 Å². The fourth-order valence-electron chi connectivity index (χ4n) is 2.89. The Kier molecular flexibility index (Phi) is 7.70. The van der Waals surface area contributed by atoms with Gasteiger partial charge in [0.2, 0.25) is 0 Å². The van der Waals surface area contributed by atoms with E-state index in [-0.39, 0.29) is 0 Å². The molecule has 0 aromatic heterocycles. The Morgan fingerprint density at radius 2 is 1.16 bits per heavy atom. The highest BCUT2D eigenvalue weighted by Crippen LogP contribution is 2.58. The van der Waals surface area contributed by atoms with Gasteiger partial charge in [-0.25, -0.2) is 14.1 Å². The smallest absolute Gasteiger partial charge is 0.283 e. The Balaban J connectivity index is 2.66. The van der Waals surface area contributed by atoms with Crippen molar-refractivity contribution < 1.29 is 4.52 Å². The predicted molar refractivity (Wildman–Crippen MR) is 108 cm³/mol. The number of nitrogens with zero attached hydrogens (tertiary/aromatic N) is 3. The second-order valence-electron chi connectivity index (χ2n) is 5.63. The minimum atomic E-state index is -2.37. The van der Waals surface area contributed by atoms with Gasteiger partial charge in [-0.1, -0.05) is 64.1 Å². The summed E-state index contributed by atoms with van der Waals surface area (Å²) in [5.41, 5.74) is 0.963. The van der Waals surface area contributed by atoms with E-state index in [1.54, 1.807) is 0 Å². The SMILES string of the molecule is CCN(CC)P(=Nc1ccccc1)(Oc1ccccc1)N(CC)CC. The Morgan fingerprint density at radius 1 is 0.720 bits per heavy atom. The average Bonchev–Trinajstić information content (AvgIpc) is 2.65. The first kappa shape index (κ1) is 19.7. The quantitative estimate of drug-likeness (QED) is 0.512. The van der Waals surface area contributed by atoms with Gasteiger partial charge >= 0.3 is 0 Å². The van der Waals surface area contributed by atoms with Gasteiger partial charge in [0.25, 0.3) is 7.58 Å². The summed E-state index contributed by atoms with van der Waals surface area (Å²) < 4.78 is 16.7. The van der Waals surface area contributed by atoms with Gasteiger partial charge in [-0.15, -0.1) is 0 Å². The second-order valence-corrected chi connectivity index (χ2v) is 8.17. The topological polar surface area (TPSA) is 28.1 Å². The lowest BCUT2D eigenvalue weighted by Crippen LogP contribution is -2.34. The van der Waals surface area contributed by atoms with Gasteiger partial charge < -0.3 is 4.52 Å². The van der Waals surface area contributed by atoms with Gasteiger partial charge in [0.15, 0.2) is 0 Å². The zero-order valence-corrected chi connectivity index (χ0v) is 16.7. The highest BCUT2D eigenvalue weighted by Gasteiger charge is 2.35. The molecule has 0 saturated carbocycles. The molecule has 0 aliphatic heterocycles. The van der Waals surface area contributed by atoms with E-state index in [9.17, 15) is 0 Å². The van der Waals surface area contributed by atoms with Crippen molar-refractivity contribution in [3.63, 3.8) is 0 Å². The van der Waals surface area contributed by atoms with Crippen molar-refractivity contribution in [3.05, 3.63) is 60.7 Å². The molecule has 136 valence electrons. The third-order valence-corrected chi connectivity index (χ3v) is 7.72. The fraction of sp³-hybridized carbons (Fsp3) is 0.400. The zero-order chi connectivity index (χ0) is 18.1. The second kappa shape index (κ2) is 9.76. The van der Waals surface area contributed by atoms with Crippen LogP contribution in [-0.4, -0.2) is 35.5 Å². The minimum absolute atomic E-state index is 0.870. The summed E-state index contributed by atoms with van der Waals surface area (Å²) in [5.74, 6) is 0.870. The molecule has 0 unspecified atom stereocenters. The number of benzene rings is 2. The number of hydrogen-bond acceptors (Lipinski definition) is 2. The van der Waals surface area contributed by atoms with Crippen LogP contribution in [0.15, 0.2) is 65.4 Å². The van der Waals surface area contributed by atoms with Crippen LogP contribution in [0.2, 0.25) is 0 Å². The molecule has 2 aromatic carbocycles. The maximum atomic E-state index is 6.69. The van der Waals surface area contributed by atoms with Crippen molar-refractivity contribution >= 4 is 13.3 Å². The molecule has 0 N–H and O–H groups in total. The summed E-state index contributed by atoms with van der Waals surface area (Å²) in [6, 6.07) is 20.2. The number of hydrogen-bond donors (Lipinski definition) is 0. The van der Waals surface area contributed by atoms with Crippen molar-refractivity contribution in [1.82, 2.24) is 9.34 Å². The van der Waals surface area contributed by atoms with E-state index in [4.69, 9.17) is 9.27 Å². The van der Waals surface area contributed by atoms with E-state index >= 15 is 0 Å². The summed E-state index contributed by atoms with van der Waals surface area (Å²) in [6.45, 7) is 12.3. The lowest BCUT2D eigenvalue weighted by molar-refractivity contribution is 0.347. The van der Waals surface area contributed by atoms with Crippen LogP contribution in [0.1, 0.15) is 27.7 Å². The summed E-state index contributed by atoms with van der Waals surface area (Å²) in [7, 11) is -2.37. The molecule has 0 heterocycles. The summed E-state index contributed by atoms with van der Waals surface area (Å²) in [4.78, 5) is 0. The maximum Gasteiger partial charge on any atom is 0.283 e. The van der Waals surface area contributed by atoms with E-state index in [1.165, 1.54) is 0 Å². The monoisotopic (exact) mass is 359 g/mol. The van der Waals surface area contributed by atoms with Crippen LogP contribution in [0.3, 0.4) is 0 Å². The molecule has 2 rings (SSSR count). The highest BCUT2D eigenvalue weighted by atomic mass is 31.2. The normalized spacial score (nSPS) is 11.8. The molecule has 0 fully saturated rings. The van der Waals surface area contributed by atoms with Crippen LogP contribution < -0.4 is 4.52 Å². The Morgan fingerprint density at radius 3 is 1.60 bits per heavy atom. The van der Waals surface area contributed by atoms with E-state index < -0.39 is 7.58 Å². The molecule has 0 atom stereocenters. The molecule has 0 bridgehead atoms. The summed E-state index contributed by atoms with van der Waals surface area (Å²) in [6.07, 6.45) is 0. The number of rotatable bonds is 9. The van der Waals surface area contributed by atoms with Gasteiger partial charge in [-0.2, -0.15) is 0 Å². The zero-order valence-electron chi connectivity index (χ0n) is 15.8. The van der Waals surface area contributed by atoms with Gasteiger partial charge in [-0.3, -0.25) is 0 Å². The summed E-state index contributed by atoms with van der Waals surface area (Å²) in [5, 5.41) is 0. The molecule has 0 saturated heterocycles. The van der Waals surface area contributed by atoms with Crippen molar-refractivity contribution in [1.29, 1.82) is 0 Å². The molecular weight excluding hydrogens is 329 g/mol. The Labute approximate surface area is 152 Å². The van der Waals surface area contributed by atoms with Crippen LogP contribution in [0.25, 0.3) is 0 Å². The Bertz CT molecular complexity index is 652. The van der Waals surface area contributed by atoms with Gasteiger partial charge in [0, 0.05) is 26.2 Å². The molecule has 0 radical (unpaired) electrons. The molecular formula is C20H30N3OP. The lowest BCUT2D eigenvalue weighted by Gasteiger charge is -2.41. The van der Waals surface area contributed by atoms with Crippen LogP contribution in [0.4, 0.5) is 5.69 Å². The van der Waals surface area contributed by atoms with Crippen molar-refractivity contribution in [3.8, 4) is 5.75 Å². The maximum absolute atomic E-state index is 6.69. The molecule has 0 amide bonds. The lowest BCUT2D eigenvalue weighted by atomic mass is 10.3. The first-order valence-electron chi connectivity index (χ1n) is 9.13. The van der Waals surface area contributed by atoms with Crippen LogP contribution in [-0.2, 0) is 0 Å². The van der Waals surface area contributed by atoms with Crippen molar-refractivity contribution in [2.75, 3.05) is 26.2 Å². The minimum Gasteiger partial charge on any atom is -0.435 e. The van der Waals surface area contributed by atoms with Gasteiger partial charge in [-0.05, 0) is 24.3 Å². The third kappa shape index (κ3) is 4.72. The van der Waals surface area contributed by atoms with Crippen LogP contribution in [0, 0.1) is 0 Å². The van der Waals surface area contributed by atoms with E-state index in [0.29, 0.717) is 0 Å². The molecule has 25 heavy (non-hydrogen) atoms. The van der Waals surface area contributed by atoms with Gasteiger partial charge in [0.1, 0.15) is 5.75 Å². The number of para-hydroxylation sites is 1. The molecule has 2 aromatic rings. The third-order valence-electron chi connectivity index (χ3n) is 4.17. The predicted octanol–water partition coefficient (Wildman–Crippen LogP) is 6.03.